The first-order valence-corrected chi connectivity index (χ1v) is 8.17. The maximum absolute atomic E-state index is 12.8. The molecule has 1 aliphatic heterocycles. The number of ether oxygens (including phenoxy) is 1. The van der Waals surface area contributed by atoms with Gasteiger partial charge in [0.25, 0.3) is 5.91 Å². The summed E-state index contributed by atoms with van der Waals surface area (Å²) in [6.07, 6.45) is 1.22. The van der Waals surface area contributed by atoms with Crippen molar-refractivity contribution in [1.29, 1.82) is 0 Å². The van der Waals surface area contributed by atoms with E-state index in [0.717, 1.165) is 27.4 Å². The molecule has 0 atom stereocenters. The predicted molar refractivity (Wildman–Crippen MR) is 86.0 cm³/mol. The molecule has 5 nitrogen and oxygen atoms in total. The predicted octanol–water partition coefficient (Wildman–Crippen LogP) is 3.74. The smallest absolute Gasteiger partial charge is 0.428 e. The molecule has 0 N–H and O–H groups in total. The van der Waals surface area contributed by atoms with E-state index in [1.807, 2.05) is 13.0 Å². The molecule has 2 rings (SSSR count). The molecule has 0 spiro atoms. The van der Waals surface area contributed by atoms with E-state index in [-0.39, 0.29) is 5.91 Å². The zero-order chi connectivity index (χ0) is 15.6. The molecule has 0 saturated carbocycles. The van der Waals surface area contributed by atoms with Gasteiger partial charge < -0.3 is 4.74 Å². The number of halogens is 2. The van der Waals surface area contributed by atoms with Crippen LogP contribution in [0.1, 0.15) is 28.8 Å². The van der Waals surface area contributed by atoms with Crippen LogP contribution >= 0.6 is 31.9 Å². The third-order valence-electron chi connectivity index (χ3n) is 3.44. The van der Waals surface area contributed by atoms with Crippen molar-refractivity contribution in [2.24, 2.45) is 0 Å². The molecule has 1 saturated heterocycles. The second-order valence-electron chi connectivity index (χ2n) is 4.79. The molecule has 1 aromatic rings. The Balaban J connectivity index is 2.35. The summed E-state index contributed by atoms with van der Waals surface area (Å²) in [7, 11) is 1.32. The maximum atomic E-state index is 12.8. The van der Waals surface area contributed by atoms with Gasteiger partial charge in [0.2, 0.25) is 0 Å². The fourth-order valence-corrected chi connectivity index (χ4v) is 3.50. The van der Waals surface area contributed by atoms with Gasteiger partial charge >= 0.3 is 6.09 Å². The van der Waals surface area contributed by atoms with Gasteiger partial charge in [-0.3, -0.25) is 4.79 Å². The van der Waals surface area contributed by atoms with Crippen LogP contribution in [0.3, 0.4) is 0 Å². The minimum Gasteiger partial charge on any atom is -0.452 e. The zero-order valence-electron chi connectivity index (χ0n) is 11.9. The van der Waals surface area contributed by atoms with E-state index in [1.54, 1.807) is 6.07 Å². The van der Waals surface area contributed by atoms with Gasteiger partial charge in [0, 0.05) is 27.6 Å². The number of hydrogen-bond acceptors (Lipinski definition) is 3. The summed E-state index contributed by atoms with van der Waals surface area (Å²) in [5, 5.41) is 2.84. The highest BCUT2D eigenvalue weighted by molar-refractivity contribution is 9.11. The van der Waals surface area contributed by atoms with Crippen molar-refractivity contribution in [3.05, 3.63) is 32.2 Å². The van der Waals surface area contributed by atoms with Crippen LogP contribution < -0.4 is 0 Å². The Morgan fingerprint density at radius 3 is 2.38 bits per heavy atom. The minimum atomic E-state index is -0.505. The Labute approximate surface area is 140 Å². The molecule has 1 aliphatic rings. The van der Waals surface area contributed by atoms with E-state index in [2.05, 4.69) is 31.9 Å². The van der Waals surface area contributed by atoms with Crippen LogP contribution in [0.2, 0.25) is 0 Å². The molecule has 0 radical (unpaired) electrons. The van der Waals surface area contributed by atoms with E-state index < -0.39 is 6.09 Å². The molecule has 0 bridgehead atoms. The molecule has 0 aliphatic carbocycles. The topological polar surface area (TPSA) is 49.9 Å². The molecule has 1 fully saturated rings. The van der Waals surface area contributed by atoms with Crippen LogP contribution in [0.4, 0.5) is 4.79 Å². The summed E-state index contributed by atoms with van der Waals surface area (Å²) < 4.78 is 6.42. The summed E-state index contributed by atoms with van der Waals surface area (Å²) >= 11 is 6.83. The molecule has 1 aromatic carbocycles. The second-order valence-corrected chi connectivity index (χ2v) is 6.56. The van der Waals surface area contributed by atoms with Crippen LogP contribution in [0, 0.1) is 6.92 Å². The molecule has 21 heavy (non-hydrogen) atoms. The number of carbonyl (C=O) groups excluding carboxylic acids is 2. The number of carbonyl (C=O) groups is 2. The normalized spacial score (nSPS) is 15.0. The van der Waals surface area contributed by atoms with Gasteiger partial charge in [0.1, 0.15) is 0 Å². The van der Waals surface area contributed by atoms with Gasteiger partial charge in [-0.2, -0.15) is 0 Å². The Morgan fingerprint density at radius 2 is 1.76 bits per heavy atom. The number of amides is 2. The van der Waals surface area contributed by atoms with E-state index in [0.29, 0.717) is 18.7 Å². The largest absolute Gasteiger partial charge is 0.452 e. The standard InChI is InChI=1S/C14H16Br2N2O3/c1-9-11(7-10(15)8-12(9)16)13(19)17-5-3-4-6-18(17)14(20)21-2/h7-8H,3-6H2,1-2H3. The van der Waals surface area contributed by atoms with Crippen molar-refractivity contribution < 1.29 is 14.3 Å². The Hall–Kier alpha value is -1.08. The van der Waals surface area contributed by atoms with Crippen molar-refractivity contribution in [1.82, 2.24) is 10.0 Å². The lowest BCUT2D eigenvalue weighted by molar-refractivity contribution is -0.0220. The molecule has 1 heterocycles. The molecule has 114 valence electrons. The number of nitrogens with zero attached hydrogens (tertiary/aromatic N) is 2. The SMILES string of the molecule is COC(=O)N1CCCCN1C(=O)c1cc(Br)cc(Br)c1C. The van der Waals surface area contributed by atoms with Crippen molar-refractivity contribution >= 4 is 43.9 Å². The maximum Gasteiger partial charge on any atom is 0.428 e. The van der Waals surface area contributed by atoms with Crippen LogP contribution in [0.5, 0.6) is 0 Å². The molecule has 0 unspecified atom stereocenters. The van der Waals surface area contributed by atoms with Crippen LogP contribution in [0.15, 0.2) is 21.1 Å². The van der Waals surface area contributed by atoms with E-state index in [4.69, 9.17) is 4.74 Å². The molecule has 7 heteroatoms. The van der Waals surface area contributed by atoms with Crippen LogP contribution in [-0.2, 0) is 4.74 Å². The summed E-state index contributed by atoms with van der Waals surface area (Å²) in [4.78, 5) is 24.6. The lowest BCUT2D eigenvalue weighted by Crippen LogP contribution is -2.53. The van der Waals surface area contributed by atoms with Crippen molar-refractivity contribution in [2.75, 3.05) is 20.2 Å². The highest BCUT2D eigenvalue weighted by Gasteiger charge is 2.31. The molecular formula is C14H16Br2N2O3. The Kier molecular flexibility index (Phi) is 5.27. The second kappa shape index (κ2) is 6.79. The minimum absolute atomic E-state index is 0.195. The Bertz CT molecular complexity index is 578. The summed E-state index contributed by atoms with van der Waals surface area (Å²) in [5.74, 6) is -0.195. The lowest BCUT2D eigenvalue weighted by atomic mass is 10.1. The number of rotatable bonds is 1. The van der Waals surface area contributed by atoms with Gasteiger partial charge in [-0.25, -0.2) is 14.8 Å². The molecular weight excluding hydrogens is 404 g/mol. The van der Waals surface area contributed by atoms with Crippen molar-refractivity contribution in [3.63, 3.8) is 0 Å². The first kappa shape index (κ1) is 16.3. The highest BCUT2D eigenvalue weighted by Crippen LogP contribution is 2.27. The quantitative estimate of drug-likeness (QED) is 0.696. The van der Waals surface area contributed by atoms with Gasteiger partial charge in [0.15, 0.2) is 0 Å². The molecule has 0 aromatic heterocycles. The third-order valence-corrected chi connectivity index (χ3v) is 4.72. The monoisotopic (exact) mass is 418 g/mol. The summed E-state index contributed by atoms with van der Waals surface area (Å²) in [5.41, 5.74) is 1.41. The zero-order valence-corrected chi connectivity index (χ0v) is 15.0. The fourth-order valence-electron chi connectivity index (χ4n) is 2.28. The summed E-state index contributed by atoms with van der Waals surface area (Å²) in [6, 6.07) is 3.66. The van der Waals surface area contributed by atoms with Gasteiger partial charge in [0.05, 0.1) is 7.11 Å². The fraction of sp³-hybridized carbons (Fsp3) is 0.429. The summed E-state index contributed by atoms with van der Waals surface area (Å²) in [6.45, 7) is 2.88. The van der Waals surface area contributed by atoms with Crippen LogP contribution in [0.25, 0.3) is 0 Å². The first-order valence-electron chi connectivity index (χ1n) is 6.58. The Morgan fingerprint density at radius 1 is 1.14 bits per heavy atom. The van der Waals surface area contributed by atoms with Gasteiger partial charge in [-0.1, -0.05) is 31.9 Å². The average Bonchev–Trinajstić information content (AvgIpc) is 2.49. The van der Waals surface area contributed by atoms with E-state index in [9.17, 15) is 9.59 Å². The number of benzene rings is 1. The van der Waals surface area contributed by atoms with Gasteiger partial charge in [-0.15, -0.1) is 0 Å². The third kappa shape index (κ3) is 3.40. The number of hydrogen-bond donors (Lipinski definition) is 0. The number of methoxy groups -OCH3 is 1. The van der Waals surface area contributed by atoms with Crippen molar-refractivity contribution in [2.45, 2.75) is 19.8 Å². The average molecular weight is 420 g/mol. The van der Waals surface area contributed by atoms with E-state index in [1.165, 1.54) is 17.1 Å². The lowest BCUT2D eigenvalue weighted by Gasteiger charge is -2.37. The highest BCUT2D eigenvalue weighted by atomic mass is 79.9. The van der Waals surface area contributed by atoms with E-state index >= 15 is 0 Å². The van der Waals surface area contributed by atoms with Crippen molar-refractivity contribution in [3.8, 4) is 0 Å². The first-order chi connectivity index (χ1) is 9.95. The number of hydrazine groups is 1. The van der Waals surface area contributed by atoms with Gasteiger partial charge in [-0.05, 0) is 37.5 Å². The molecule has 2 amide bonds. The van der Waals surface area contributed by atoms with Crippen LogP contribution in [-0.4, -0.2) is 42.2 Å².